The van der Waals surface area contributed by atoms with Crippen LogP contribution in [0.4, 0.5) is 0 Å². The summed E-state index contributed by atoms with van der Waals surface area (Å²) in [6.07, 6.45) is 2.18. The normalized spacial score (nSPS) is 16.8. The van der Waals surface area contributed by atoms with Gasteiger partial charge in [0.15, 0.2) is 12.3 Å². The van der Waals surface area contributed by atoms with Gasteiger partial charge in [-0.3, -0.25) is 47.9 Å². The topological polar surface area (TPSA) is 583 Å². The number of amides is 10. The third-order valence-corrected chi connectivity index (χ3v) is 19.5. The number of nitrogens with zero attached hydrogens (tertiary/aromatic N) is 2. The van der Waals surface area contributed by atoms with Crippen LogP contribution >= 0.6 is 0 Å². The van der Waals surface area contributed by atoms with Gasteiger partial charge in [-0.15, -0.1) is 0 Å². The molecule has 4 aromatic rings. The molecular weight excluding hydrogens is 1400 g/mol. The minimum absolute atomic E-state index is 0.0198. The number of rotatable bonds is 45. The second kappa shape index (κ2) is 45.4. The number of aliphatic hydroxyl groups is 1. The largest absolute Gasteiger partial charge is 0.490 e. The Bertz CT molecular complexity index is 3590. The zero-order valence-electron chi connectivity index (χ0n) is 63.3. The van der Waals surface area contributed by atoms with Crippen LogP contribution in [0.15, 0.2) is 97.1 Å². The number of nitrogens with two attached hydrogens (primary N) is 8. The molecule has 1 aliphatic rings. The second-order valence-electron chi connectivity index (χ2n) is 28.7. The lowest BCUT2D eigenvalue weighted by Crippen LogP contribution is -2.63. The fraction of sp³-hybridized carbons (Fsp3) is 0.541. The fourth-order valence-corrected chi connectivity index (χ4v) is 12.5. The van der Waals surface area contributed by atoms with Crippen molar-refractivity contribution in [2.24, 2.45) is 63.6 Å². The molecule has 1 aliphatic heterocycles. The van der Waals surface area contributed by atoms with E-state index in [0.717, 1.165) is 47.9 Å². The van der Waals surface area contributed by atoms with Gasteiger partial charge in [0.2, 0.25) is 35.4 Å². The summed E-state index contributed by atoms with van der Waals surface area (Å²) in [4.78, 5) is 138. The van der Waals surface area contributed by atoms with E-state index in [-0.39, 0.29) is 44.6 Å². The average molecular weight is 1520 g/mol. The maximum absolute atomic E-state index is 14.3. The minimum atomic E-state index is -2.10. The molecule has 1 saturated heterocycles. The molecular formula is C74H116B2N18O15. The van der Waals surface area contributed by atoms with Crippen molar-refractivity contribution in [1.29, 1.82) is 0 Å². The van der Waals surface area contributed by atoms with E-state index in [1.54, 1.807) is 38.1 Å². The highest BCUT2D eigenvalue weighted by Crippen LogP contribution is 2.28. The van der Waals surface area contributed by atoms with Gasteiger partial charge in [0.25, 0.3) is 23.6 Å². The van der Waals surface area contributed by atoms with E-state index in [9.17, 15) is 73.1 Å². The van der Waals surface area contributed by atoms with Gasteiger partial charge in [-0.2, -0.15) is 0 Å². The lowest BCUT2D eigenvalue weighted by molar-refractivity contribution is -0.141. The molecule has 5 rings (SSSR count). The Morgan fingerprint density at radius 1 is 0.486 bits per heavy atom. The number of hydrogen-bond acceptors (Lipinski definition) is 23. The van der Waals surface area contributed by atoms with Crippen LogP contribution in [-0.4, -0.2) is 214 Å². The predicted molar refractivity (Wildman–Crippen MR) is 414 cm³/mol. The van der Waals surface area contributed by atoms with Crippen molar-refractivity contribution in [3.63, 3.8) is 0 Å². The van der Waals surface area contributed by atoms with Crippen molar-refractivity contribution in [2.45, 2.75) is 204 Å². The number of likely N-dealkylation sites (N-methyl/N-ethyl adjacent to an activating group) is 1. The first kappa shape index (κ1) is 90.8. The molecule has 0 aromatic heterocycles. The predicted octanol–water partition coefficient (Wildman–Crippen LogP) is -2.78. The number of unbranched alkanes of at least 4 members (excludes halogenated alkanes) is 3. The molecule has 14 atom stereocenters. The number of nitrogens with one attached hydrogen (secondary N) is 8. The third kappa shape index (κ3) is 28.9. The Morgan fingerprint density at radius 3 is 1.36 bits per heavy atom. The van der Waals surface area contributed by atoms with Gasteiger partial charge < -0.3 is 123 Å². The van der Waals surface area contributed by atoms with Gasteiger partial charge in [-0.05, 0) is 198 Å². The van der Waals surface area contributed by atoms with Crippen molar-refractivity contribution >= 4 is 73.3 Å². The summed E-state index contributed by atoms with van der Waals surface area (Å²) in [5.74, 6) is -7.01. The molecule has 29 N–H and O–H groups in total. The smallest absolute Gasteiger partial charge is 0.425 e. The van der Waals surface area contributed by atoms with Crippen LogP contribution in [0.3, 0.4) is 0 Å². The van der Waals surface area contributed by atoms with E-state index in [0.29, 0.717) is 81.1 Å². The van der Waals surface area contributed by atoms with Crippen LogP contribution in [0.1, 0.15) is 150 Å². The van der Waals surface area contributed by atoms with E-state index >= 15 is 0 Å². The zero-order valence-corrected chi connectivity index (χ0v) is 63.3. The highest BCUT2D eigenvalue weighted by atomic mass is 16.4. The first-order valence-electron chi connectivity index (χ1n) is 37.4. The zero-order chi connectivity index (χ0) is 80.8. The van der Waals surface area contributed by atoms with E-state index in [4.69, 9.17) is 45.9 Å². The van der Waals surface area contributed by atoms with E-state index in [1.165, 1.54) is 34.9 Å². The van der Waals surface area contributed by atoms with Gasteiger partial charge >= 0.3 is 14.2 Å². The standard InChI is InChI=1S/C74H116B2N18O15/c1-42(2)39-57(65(98)92-74(84)76(108)109)87-70(103)61(81)89-67(100)59-40-54(80)41-94(59)72(105)56(14-8-11-37-78)86-63(96)52-32-28-50(29-33-52)48-24-20-46(21-25-48)18-16-43(3)44(4)17-19-47-22-26-49(27-23-47)51-30-34-53(35-31-51)71(104)93(6)58(15-9-12-38-79)66(99)88-60(45(5)95)68(101)90-62(82)69(102)85-55(13-7-10-36-77)64(97)91-73(83)75(106)107/h20-35,42-45,54-62,73-74,95,106-109H,7-19,36-41,77-84H2,1-6H3,(H,85,102)(H,86,96)(H,87,103)(H,88,99)(H,89,100)(H,90,101)(H,91,97)(H,92,98)/t43?,44?,45-,54-,55+,56?,57?,58+,59+,60+,61-,62-,73-,74-/m1/s1. The quantitative estimate of drug-likeness (QED) is 0.0121. The molecule has 4 aromatic carbocycles. The molecule has 0 aliphatic carbocycles. The molecule has 33 nitrogen and oxygen atoms in total. The van der Waals surface area contributed by atoms with Gasteiger partial charge in [-0.25, -0.2) is 0 Å². The third-order valence-electron chi connectivity index (χ3n) is 19.5. The molecule has 4 unspecified atom stereocenters. The van der Waals surface area contributed by atoms with Gasteiger partial charge in [0.1, 0.15) is 48.4 Å². The lowest BCUT2D eigenvalue weighted by atomic mass is 9.86. The Morgan fingerprint density at radius 2 is 0.908 bits per heavy atom. The number of aliphatic hydroxyl groups excluding tert-OH is 1. The number of benzene rings is 4. The molecule has 0 radical (unpaired) electrons. The fourth-order valence-electron chi connectivity index (χ4n) is 12.5. The Kier molecular flexibility index (Phi) is 37.8. The van der Waals surface area contributed by atoms with Crippen molar-refractivity contribution in [2.75, 3.05) is 33.2 Å². The SMILES string of the molecule is CC(C)CC(NC(=O)[C@H](N)NC(=O)[C@@H]1C[C@@H](N)CN1C(=O)C(CCCCN)NC(=O)c1ccc(-c2ccc(CCC(C)C(C)CCc3ccc(-c4ccc(C(=O)N(C)[C@@H](CCCCN)C(=O)N[C@H](C(=O)N[C@@H](N)C(=O)N[C@@H](CCCCN)C(=O)N[C@@H](N)B(O)O)[C@@H](C)O)cc4)cc3)cc2)cc1)C(=O)N[C@@H](N)B(O)O. The summed E-state index contributed by atoms with van der Waals surface area (Å²) in [6, 6.07) is 19.4. The molecule has 10 amide bonds. The maximum Gasteiger partial charge on any atom is 0.490 e. The molecule has 598 valence electrons. The summed E-state index contributed by atoms with van der Waals surface area (Å²) in [5, 5.41) is 67.4. The molecule has 0 bridgehead atoms. The van der Waals surface area contributed by atoms with Crippen molar-refractivity contribution < 1.29 is 73.1 Å². The highest BCUT2D eigenvalue weighted by molar-refractivity contribution is 6.43. The number of hydrogen-bond donors (Lipinski definition) is 21. The molecule has 1 heterocycles. The second-order valence-corrected chi connectivity index (χ2v) is 28.7. The number of carbonyl (C=O) groups excluding carboxylic acids is 10. The summed E-state index contributed by atoms with van der Waals surface area (Å²) in [6.45, 7) is 10.3. The Balaban J connectivity index is 1.11. The molecule has 35 heteroatoms. The van der Waals surface area contributed by atoms with Crippen molar-refractivity contribution in [3.05, 3.63) is 119 Å². The van der Waals surface area contributed by atoms with E-state index < -0.39 is 146 Å². The van der Waals surface area contributed by atoms with Crippen molar-refractivity contribution in [1.82, 2.24) is 52.3 Å². The summed E-state index contributed by atoms with van der Waals surface area (Å²) >= 11 is 0. The highest BCUT2D eigenvalue weighted by Gasteiger charge is 2.43. The Labute approximate surface area is 638 Å². The van der Waals surface area contributed by atoms with Crippen LogP contribution in [0.25, 0.3) is 22.3 Å². The first-order valence-corrected chi connectivity index (χ1v) is 37.4. The maximum atomic E-state index is 14.3. The minimum Gasteiger partial charge on any atom is -0.425 e. The van der Waals surface area contributed by atoms with Crippen molar-refractivity contribution in [3.8, 4) is 22.3 Å². The lowest BCUT2D eigenvalue weighted by Gasteiger charge is -2.30. The molecule has 109 heavy (non-hydrogen) atoms. The van der Waals surface area contributed by atoms with Crippen LogP contribution in [0.2, 0.25) is 0 Å². The van der Waals surface area contributed by atoms with Crippen LogP contribution in [0.5, 0.6) is 0 Å². The average Bonchev–Trinajstić information content (AvgIpc) is 1.74. The number of aryl methyl sites for hydroxylation is 2. The van der Waals surface area contributed by atoms with Crippen LogP contribution < -0.4 is 88.4 Å². The Hall–Kier alpha value is -8.81. The number of likely N-dealkylation sites (tertiary alicyclic amines) is 1. The van der Waals surface area contributed by atoms with E-state index in [1.807, 2.05) is 48.5 Å². The monoisotopic (exact) mass is 1520 g/mol. The number of carbonyl (C=O) groups is 10. The molecule has 1 fully saturated rings. The van der Waals surface area contributed by atoms with Gasteiger partial charge in [0.05, 0.1) is 6.10 Å². The van der Waals surface area contributed by atoms with Gasteiger partial charge in [0, 0.05) is 30.8 Å². The summed E-state index contributed by atoms with van der Waals surface area (Å²) in [5.41, 5.74) is 53.3. The van der Waals surface area contributed by atoms with Gasteiger partial charge in [-0.1, -0.05) is 100 Å². The van der Waals surface area contributed by atoms with Crippen LogP contribution in [0, 0.1) is 17.8 Å². The first-order chi connectivity index (χ1) is 51.7. The molecule has 0 spiro atoms. The van der Waals surface area contributed by atoms with Crippen LogP contribution in [-0.2, 0) is 51.2 Å². The summed E-state index contributed by atoms with van der Waals surface area (Å²) < 4.78 is 0. The van der Waals surface area contributed by atoms with E-state index in [2.05, 4.69) is 80.6 Å². The summed E-state index contributed by atoms with van der Waals surface area (Å²) in [7, 11) is -2.70. The molecule has 0 saturated carbocycles.